The number of carbonyl (C=O) groups is 1. The third-order valence-electron chi connectivity index (χ3n) is 4.22. The number of nitrogens with zero attached hydrogens (tertiary/aromatic N) is 2. The molecule has 0 amide bonds. The lowest BCUT2D eigenvalue weighted by Gasteiger charge is -2.45. The normalized spacial score (nSPS) is 31.2. The fourth-order valence-corrected chi connectivity index (χ4v) is 2.79. The van der Waals surface area contributed by atoms with Crippen LogP contribution >= 0.6 is 0 Å². The number of Topliss-reactive ketones (excluding diaryl/α,β-unsaturated/α-hetero) is 1. The van der Waals surface area contributed by atoms with Gasteiger partial charge < -0.3 is 4.74 Å². The molecule has 4 heteroatoms. The second kappa shape index (κ2) is 5.94. The van der Waals surface area contributed by atoms with Gasteiger partial charge in [0.2, 0.25) is 0 Å². The van der Waals surface area contributed by atoms with Crippen LogP contribution in [0.25, 0.3) is 0 Å². The summed E-state index contributed by atoms with van der Waals surface area (Å²) in [4.78, 5) is 16.2. The molecule has 0 aromatic heterocycles. The minimum atomic E-state index is 0.353. The van der Waals surface area contributed by atoms with E-state index in [2.05, 4.69) is 9.80 Å². The van der Waals surface area contributed by atoms with Crippen molar-refractivity contribution in [1.29, 1.82) is 0 Å². The maximum absolute atomic E-state index is 11.2. The summed E-state index contributed by atoms with van der Waals surface area (Å²) in [5.41, 5.74) is 0. The van der Waals surface area contributed by atoms with Crippen LogP contribution in [0.3, 0.4) is 0 Å². The molecule has 17 heavy (non-hydrogen) atoms. The number of rotatable bonds is 5. The molecule has 0 atom stereocenters. The lowest BCUT2D eigenvalue weighted by atomic mass is 9.77. The van der Waals surface area contributed by atoms with Crippen LogP contribution in [0, 0.1) is 5.92 Å². The van der Waals surface area contributed by atoms with Gasteiger partial charge in [-0.3, -0.25) is 14.6 Å². The number of hydrogen-bond acceptors (Lipinski definition) is 4. The first-order valence-corrected chi connectivity index (χ1v) is 6.66. The Hall–Kier alpha value is -0.450. The Bertz CT molecular complexity index is 256. The van der Waals surface area contributed by atoms with Gasteiger partial charge in [-0.05, 0) is 19.8 Å². The third kappa shape index (κ3) is 3.27. The Morgan fingerprint density at radius 1 is 1.24 bits per heavy atom. The van der Waals surface area contributed by atoms with Gasteiger partial charge >= 0.3 is 0 Å². The molecule has 0 bridgehead atoms. The smallest absolute Gasteiger partial charge is 0.133 e. The van der Waals surface area contributed by atoms with Crippen molar-refractivity contribution in [3.63, 3.8) is 0 Å². The second-order valence-electron chi connectivity index (χ2n) is 5.30. The van der Waals surface area contributed by atoms with Crippen molar-refractivity contribution in [3.05, 3.63) is 0 Å². The average Bonchev–Trinajstić information content (AvgIpc) is 2.25. The molecule has 0 aromatic carbocycles. The van der Waals surface area contributed by atoms with Gasteiger partial charge in [-0.25, -0.2) is 0 Å². The minimum Gasteiger partial charge on any atom is -0.383 e. The van der Waals surface area contributed by atoms with Crippen LogP contribution in [0.2, 0.25) is 0 Å². The van der Waals surface area contributed by atoms with Crippen LogP contribution < -0.4 is 0 Å². The molecule has 0 radical (unpaired) electrons. The minimum absolute atomic E-state index is 0.353. The first-order valence-electron chi connectivity index (χ1n) is 6.66. The molecule has 2 rings (SSSR count). The van der Waals surface area contributed by atoms with Gasteiger partial charge in [-0.15, -0.1) is 0 Å². The van der Waals surface area contributed by atoms with Crippen molar-refractivity contribution in [2.45, 2.75) is 25.8 Å². The number of hydrogen-bond donors (Lipinski definition) is 0. The van der Waals surface area contributed by atoms with Crippen LogP contribution in [-0.4, -0.2) is 68.1 Å². The van der Waals surface area contributed by atoms with Crippen LogP contribution in [0.15, 0.2) is 0 Å². The zero-order valence-corrected chi connectivity index (χ0v) is 11.0. The SMILES string of the molecule is COCCN1CCN(C2CC(C(C)=O)C2)CC1. The van der Waals surface area contributed by atoms with E-state index in [1.54, 1.807) is 14.0 Å². The number of piperazine rings is 1. The van der Waals surface area contributed by atoms with Crippen LogP contribution in [0.1, 0.15) is 19.8 Å². The summed E-state index contributed by atoms with van der Waals surface area (Å²) < 4.78 is 5.10. The fourth-order valence-electron chi connectivity index (χ4n) is 2.79. The summed E-state index contributed by atoms with van der Waals surface area (Å²) >= 11 is 0. The highest BCUT2D eigenvalue weighted by Gasteiger charge is 2.36. The van der Waals surface area contributed by atoms with Crippen molar-refractivity contribution in [1.82, 2.24) is 9.80 Å². The molecule has 1 aliphatic heterocycles. The monoisotopic (exact) mass is 240 g/mol. The van der Waals surface area contributed by atoms with E-state index in [1.807, 2.05) is 0 Å². The summed E-state index contributed by atoms with van der Waals surface area (Å²) in [5.74, 6) is 0.728. The van der Waals surface area contributed by atoms with E-state index in [1.165, 1.54) is 0 Å². The Morgan fingerprint density at radius 2 is 1.88 bits per heavy atom. The van der Waals surface area contributed by atoms with Gasteiger partial charge in [-0.1, -0.05) is 0 Å². The lowest BCUT2D eigenvalue weighted by molar-refractivity contribution is -0.125. The largest absolute Gasteiger partial charge is 0.383 e. The molecule has 1 saturated heterocycles. The van der Waals surface area contributed by atoms with E-state index in [4.69, 9.17) is 4.74 Å². The van der Waals surface area contributed by atoms with Crippen molar-refractivity contribution >= 4 is 5.78 Å². The number of ketones is 1. The summed E-state index contributed by atoms with van der Waals surface area (Å²) in [6.45, 7) is 8.19. The molecule has 2 aliphatic rings. The fraction of sp³-hybridized carbons (Fsp3) is 0.923. The van der Waals surface area contributed by atoms with E-state index in [-0.39, 0.29) is 0 Å². The summed E-state index contributed by atoms with van der Waals surface area (Å²) in [7, 11) is 1.76. The predicted octanol–water partition coefficient (Wildman–Crippen LogP) is 0.618. The number of carbonyl (C=O) groups excluding carboxylic acids is 1. The van der Waals surface area contributed by atoms with Crippen molar-refractivity contribution in [3.8, 4) is 0 Å². The molecule has 1 heterocycles. The van der Waals surface area contributed by atoms with E-state index < -0.39 is 0 Å². The van der Waals surface area contributed by atoms with E-state index in [9.17, 15) is 4.79 Å². The highest BCUT2D eigenvalue weighted by molar-refractivity contribution is 5.79. The molecule has 2 fully saturated rings. The highest BCUT2D eigenvalue weighted by atomic mass is 16.5. The summed E-state index contributed by atoms with van der Waals surface area (Å²) in [6.07, 6.45) is 2.18. The second-order valence-corrected chi connectivity index (χ2v) is 5.30. The third-order valence-corrected chi connectivity index (χ3v) is 4.22. The van der Waals surface area contributed by atoms with Crippen LogP contribution in [0.4, 0.5) is 0 Å². The quantitative estimate of drug-likeness (QED) is 0.705. The van der Waals surface area contributed by atoms with Crippen molar-refractivity contribution in [2.75, 3.05) is 46.4 Å². The van der Waals surface area contributed by atoms with Gasteiger partial charge in [-0.2, -0.15) is 0 Å². The molecular weight excluding hydrogens is 216 g/mol. The van der Waals surface area contributed by atoms with Crippen LogP contribution in [-0.2, 0) is 9.53 Å². The van der Waals surface area contributed by atoms with Gasteiger partial charge in [0.1, 0.15) is 5.78 Å². The molecule has 98 valence electrons. The van der Waals surface area contributed by atoms with Gasteiger partial charge in [0.25, 0.3) is 0 Å². The van der Waals surface area contributed by atoms with Crippen molar-refractivity contribution in [2.24, 2.45) is 5.92 Å². The molecule has 0 unspecified atom stereocenters. The maximum atomic E-state index is 11.2. The molecule has 4 nitrogen and oxygen atoms in total. The first kappa shape index (κ1) is 13.0. The van der Waals surface area contributed by atoms with E-state index in [0.717, 1.165) is 52.2 Å². The van der Waals surface area contributed by atoms with Gasteiger partial charge in [0.15, 0.2) is 0 Å². The van der Waals surface area contributed by atoms with E-state index in [0.29, 0.717) is 17.7 Å². The Balaban J connectivity index is 1.65. The molecule has 1 saturated carbocycles. The highest BCUT2D eigenvalue weighted by Crippen LogP contribution is 2.32. The first-order chi connectivity index (χ1) is 8.20. The Labute approximate surface area is 104 Å². The van der Waals surface area contributed by atoms with Crippen LogP contribution in [0.5, 0.6) is 0 Å². The summed E-state index contributed by atoms with van der Waals surface area (Å²) in [6, 6.07) is 0.675. The lowest BCUT2D eigenvalue weighted by Crippen LogP contribution is -2.55. The van der Waals surface area contributed by atoms with Gasteiger partial charge in [0, 0.05) is 51.8 Å². The maximum Gasteiger partial charge on any atom is 0.133 e. The van der Waals surface area contributed by atoms with E-state index >= 15 is 0 Å². The summed E-state index contributed by atoms with van der Waals surface area (Å²) in [5, 5.41) is 0. The predicted molar refractivity (Wildman–Crippen MR) is 67.1 cm³/mol. The zero-order chi connectivity index (χ0) is 12.3. The van der Waals surface area contributed by atoms with Gasteiger partial charge in [0.05, 0.1) is 6.61 Å². The van der Waals surface area contributed by atoms with Crippen molar-refractivity contribution < 1.29 is 9.53 Å². The molecule has 1 aliphatic carbocycles. The number of methoxy groups -OCH3 is 1. The Morgan fingerprint density at radius 3 is 2.41 bits per heavy atom. The molecular formula is C13H24N2O2. The number of ether oxygens (including phenoxy) is 1. The average molecular weight is 240 g/mol. The molecule has 0 spiro atoms. The Kier molecular flexibility index (Phi) is 4.54. The molecule has 0 aromatic rings. The zero-order valence-electron chi connectivity index (χ0n) is 11.0. The molecule has 0 N–H and O–H groups in total. The standard InChI is InChI=1S/C13H24N2O2/c1-11(16)12-9-13(10-12)15-5-3-14(4-6-15)7-8-17-2/h12-13H,3-10H2,1-2H3. The topological polar surface area (TPSA) is 32.8 Å².